The highest BCUT2D eigenvalue weighted by Gasteiger charge is 2.19. The Morgan fingerprint density at radius 3 is 2.96 bits per heavy atom. The Labute approximate surface area is 133 Å². The predicted octanol–water partition coefficient (Wildman–Crippen LogP) is 2.22. The summed E-state index contributed by atoms with van der Waals surface area (Å²) in [5, 5.41) is 0.977. The molecular formula is C17H17N3O3. The van der Waals surface area contributed by atoms with Gasteiger partial charge in [0.1, 0.15) is 5.65 Å². The van der Waals surface area contributed by atoms with Gasteiger partial charge in [0.2, 0.25) is 5.91 Å². The lowest BCUT2D eigenvalue weighted by Crippen LogP contribution is -2.41. The molecule has 1 N–H and O–H groups in total. The number of aromatic amines is 1. The van der Waals surface area contributed by atoms with E-state index in [9.17, 15) is 4.79 Å². The fraction of sp³-hybridized carbons (Fsp3) is 0.294. The molecule has 1 saturated heterocycles. The molecule has 0 saturated carbocycles. The van der Waals surface area contributed by atoms with Gasteiger partial charge in [0, 0.05) is 42.0 Å². The molecule has 0 aliphatic carbocycles. The Kier molecular flexibility index (Phi) is 3.59. The molecule has 4 rings (SSSR count). The van der Waals surface area contributed by atoms with Gasteiger partial charge in [-0.1, -0.05) is 0 Å². The maximum Gasteiger partial charge on any atom is 0.227 e. The summed E-state index contributed by atoms with van der Waals surface area (Å²) in [5.74, 6) is 0.128. The summed E-state index contributed by atoms with van der Waals surface area (Å²) in [7, 11) is 0. The normalized spacial score (nSPS) is 15.2. The third-order valence-corrected chi connectivity index (χ3v) is 4.18. The number of pyridine rings is 1. The highest BCUT2D eigenvalue weighted by molar-refractivity contribution is 5.89. The van der Waals surface area contributed by atoms with E-state index in [1.807, 2.05) is 23.2 Å². The van der Waals surface area contributed by atoms with Crippen molar-refractivity contribution in [2.45, 2.75) is 6.42 Å². The van der Waals surface area contributed by atoms with Gasteiger partial charge in [-0.05, 0) is 17.7 Å². The van der Waals surface area contributed by atoms with Crippen LogP contribution in [-0.4, -0.2) is 47.1 Å². The Morgan fingerprint density at radius 1 is 1.30 bits per heavy atom. The first-order valence-electron chi connectivity index (χ1n) is 7.65. The molecule has 1 aliphatic heterocycles. The molecule has 6 heteroatoms. The molecule has 4 heterocycles. The summed E-state index contributed by atoms with van der Waals surface area (Å²) < 4.78 is 10.4. The molecule has 1 amide bonds. The van der Waals surface area contributed by atoms with Gasteiger partial charge in [-0.25, -0.2) is 4.98 Å². The number of carbonyl (C=O) groups is 1. The number of amides is 1. The van der Waals surface area contributed by atoms with Crippen LogP contribution in [0.25, 0.3) is 22.2 Å². The van der Waals surface area contributed by atoms with E-state index in [1.165, 1.54) is 0 Å². The van der Waals surface area contributed by atoms with Crippen molar-refractivity contribution in [2.24, 2.45) is 0 Å². The zero-order chi connectivity index (χ0) is 15.6. The molecule has 3 aromatic rings. The molecule has 3 aromatic heterocycles. The maximum atomic E-state index is 12.4. The van der Waals surface area contributed by atoms with Crippen LogP contribution in [0.1, 0.15) is 5.56 Å². The molecule has 1 aliphatic rings. The van der Waals surface area contributed by atoms with Crippen LogP contribution in [-0.2, 0) is 16.0 Å². The number of hydrogen-bond acceptors (Lipinski definition) is 4. The summed E-state index contributed by atoms with van der Waals surface area (Å²) in [6.45, 7) is 2.57. The second-order valence-corrected chi connectivity index (χ2v) is 5.62. The number of fused-ring (bicyclic) bond motifs is 1. The van der Waals surface area contributed by atoms with Crippen molar-refractivity contribution in [1.29, 1.82) is 0 Å². The van der Waals surface area contributed by atoms with Crippen LogP contribution < -0.4 is 0 Å². The zero-order valence-corrected chi connectivity index (χ0v) is 12.6. The van der Waals surface area contributed by atoms with Gasteiger partial charge in [-0.3, -0.25) is 4.79 Å². The quantitative estimate of drug-likeness (QED) is 0.805. The van der Waals surface area contributed by atoms with E-state index in [0.717, 1.165) is 27.7 Å². The van der Waals surface area contributed by atoms with Crippen LogP contribution >= 0.6 is 0 Å². The SMILES string of the molecule is O=C(Cc1c[nH]c2ncc(-c3ccoc3)cc12)N1CCOCC1. The van der Waals surface area contributed by atoms with Gasteiger partial charge in [0.05, 0.1) is 32.2 Å². The van der Waals surface area contributed by atoms with Crippen LogP contribution in [0.4, 0.5) is 0 Å². The van der Waals surface area contributed by atoms with E-state index >= 15 is 0 Å². The molecule has 0 atom stereocenters. The molecule has 0 bridgehead atoms. The number of nitrogens with zero attached hydrogens (tertiary/aromatic N) is 2. The fourth-order valence-electron chi connectivity index (χ4n) is 2.88. The number of H-pyrrole nitrogens is 1. The van der Waals surface area contributed by atoms with Gasteiger partial charge < -0.3 is 19.0 Å². The van der Waals surface area contributed by atoms with Gasteiger partial charge in [-0.2, -0.15) is 0 Å². The third-order valence-electron chi connectivity index (χ3n) is 4.18. The molecule has 0 spiro atoms. The van der Waals surface area contributed by atoms with Crippen molar-refractivity contribution in [3.8, 4) is 11.1 Å². The lowest BCUT2D eigenvalue weighted by Gasteiger charge is -2.26. The van der Waals surface area contributed by atoms with E-state index < -0.39 is 0 Å². The van der Waals surface area contributed by atoms with Gasteiger partial charge in [0.25, 0.3) is 0 Å². The standard InChI is InChI=1S/C17H17N3O3/c21-16(20-2-5-22-6-3-20)8-14-10-19-17-15(14)7-13(9-18-17)12-1-4-23-11-12/h1,4,7,9-11H,2-3,5-6,8H2,(H,18,19). The van der Waals surface area contributed by atoms with Gasteiger partial charge in [0.15, 0.2) is 0 Å². The molecule has 6 nitrogen and oxygen atoms in total. The van der Waals surface area contributed by atoms with Gasteiger partial charge in [-0.15, -0.1) is 0 Å². The maximum absolute atomic E-state index is 12.4. The lowest BCUT2D eigenvalue weighted by atomic mass is 10.1. The number of aromatic nitrogens is 2. The third kappa shape index (κ3) is 2.73. The molecule has 118 valence electrons. The van der Waals surface area contributed by atoms with E-state index in [2.05, 4.69) is 9.97 Å². The molecule has 0 radical (unpaired) electrons. The fourth-order valence-corrected chi connectivity index (χ4v) is 2.88. The first-order valence-corrected chi connectivity index (χ1v) is 7.65. The van der Waals surface area contributed by atoms with E-state index in [1.54, 1.807) is 18.7 Å². The number of carbonyl (C=O) groups excluding carboxylic acids is 1. The lowest BCUT2D eigenvalue weighted by molar-refractivity contribution is -0.134. The first-order chi connectivity index (χ1) is 11.3. The second kappa shape index (κ2) is 5.89. The highest BCUT2D eigenvalue weighted by atomic mass is 16.5. The molecule has 0 unspecified atom stereocenters. The molecule has 23 heavy (non-hydrogen) atoms. The number of ether oxygens (including phenoxy) is 1. The van der Waals surface area contributed by atoms with E-state index in [4.69, 9.17) is 9.15 Å². The summed E-state index contributed by atoms with van der Waals surface area (Å²) in [5.41, 5.74) is 3.72. The van der Waals surface area contributed by atoms with E-state index in [0.29, 0.717) is 32.7 Å². The zero-order valence-electron chi connectivity index (χ0n) is 12.6. The van der Waals surface area contributed by atoms with Crippen LogP contribution in [0.3, 0.4) is 0 Å². The van der Waals surface area contributed by atoms with Crippen LogP contribution in [0.15, 0.2) is 41.5 Å². The number of hydrogen-bond donors (Lipinski definition) is 1. The predicted molar refractivity (Wildman–Crippen MR) is 84.9 cm³/mol. The number of rotatable bonds is 3. The Balaban J connectivity index is 1.62. The van der Waals surface area contributed by atoms with Crippen molar-refractivity contribution >= 4 is 16.9 Å². The molecule has 0 aromatic carbocycles. The van der Waals surface area contributed by atoms with Crippen molar-refractivity contribution < 1.29 is 13.9 Å². The minimum atomic E-state index is 0.128. The molecular weight excluding hydrogens is 294 g/mol. The van der Waals surface area contributed by atoms with Crippen LogP contribution in [0.5, 0.6) is 0 Å². The average Bonchev–Trinajstić information content (AvgIpc) is 3.25. The first kappa shape index (κ1) is 14.0. The van der Waals surface area contributed by atoms with Crippen molar-refractivity contribution in [3.05, 3.63) is 42.6 Å². The van der Waals surface area contributed by atoms with Crippen LogP contribution in [0, 0.1) is 0 Å². The summed E-state index contributed by atoms with van der Waals surface area (Å²) in [6.07, 6.45) is 7.37. The topological polar surface area (TPSA) is 71.4 Å². The van der Waals surface area contributed by atoms with Crippen molar-refractivity contribution in [3.63, 3.8) is 0 Å². The minimum Gasteiger partial charge on any atom is -0.472 e. The number of morpholine rings is 1. The minimum absolute atomic E-state index is 0.128. The monoisotopic (exact) mass is 311 g/mol. The average molecular weight is 311 g/mol. The van der Waals surface area contributed by atoms with Crippen molar-refractivity contribution in [1.82, 2.24) is 14.9 Å². The largest absolute Gasteiger partial charge is 0.472 e. The van der Waals surface area contributed by atoms with Gasteiger partial charge >= 0.3 is 0 Å². The summed E-state index contributed by atoms with van der Waals surface area (Å²) >= 11 is 0. The second-order valence-electron chi connectivity index (χ2n) is 5.62. The van der Waals surface area contributed by atoms with E-state index in [-0.39, 0.29) is 5.91 Å². The highest BCUT2D eigenvalue weighted by Crippen LogP contribution is 2.25. The Bertz CT molecular complexity index is 817. The molecule has 1 fully saturated rings. The summed E-state index contributed by atoms with van der Waals surface area (Å²) in [4.78, 5) is 21.9. The number of nitrogens with one attached hydrogen (secondary N) is 1. The van der Waals surface area contributed by atoms with Crippen molar-refractivity contribution in [2.75, 3.05) is 26.3 Å². The smallest absolute Gasteiger partial charge is 0.227 e. The summed E-state index contributed by atoms with van der Waals surface area (Å²) in [6, 6.07) is 3.94. The van der Waals surface area contributed by atoms with Crippen LogP contribution in [0.2, 0.25) is 0 Å². The Morgan fingerprint density at radius 2 is 2.17 bits per heavy atom. The number of furan rings is 1. The Hall–Kier alpha value is -2.60.